The molecule has 2 atom stereocenters. The van der Waals surface area contributed by atoms with Crippen LogP contribution in [0, 0.1) is 0 Å². The minimum absolute atomic E-state index is 0.0805. The molecule has 0 spiro atoms. The highest BCUT2D eigenvalue weighted by molar-refractivity contribution is 5.94. The van der Waals surface area contributed by atoms with Gasteiger partial charge in [-0.1, -0.05) is 0 Å². The molecule has 0 saturated carbocycles. The summed E-state index contributed by atoms with van der Waals surface area (Å²) in [5.74, 6) is -2.14. The molecule has 1 aromatic heterocycles. The first kappa shape index (κ1) is 23.2. The molecule has 1 aliphatic rings. The molecule has 0 radical (unpaired) electrons. The first-order chi connectivity index (χ1) is 14.0. The summed E-state index contributed by atoms with van der Waals surface area (Å²) in [4.78, 5) is 49.5. The Kier molecular flexibility index (Phi) is 7.08. The highest BCUT2D eigenvalue weighted by atomic mass is 16.6. The van der Waals surface area contributed by atoms with E-state index in [1.807, 2.05) is 0 Å². The number of methoxy groups -OCH3 is 3. The summed E-state index contributed by atoms with van der Waals surface area (Å²) in [6, 6.07) is -1.29. The lowest BCUT2D eigenvalue weighted by molar-refractivity contribution is 0.0489. The predicted molar refractivity (Wildman–Crippen MR) is 103 cm³/mol. The molecule has 1 aromatic rings. The summed E-state index contributed by atoms with van der Waals surface area (Å²) in [5, 5.41) is 2.69. The Labute approximate surface area is 173 Å². The van der Waals surface area contributed by atoms with Crippen LogP contribution in [-0.4, -0.2) is 68.8 Å². The van der Waals surface area contributed by atoms with Crippen molar-refractivity contribution in [1.82, 2.24) is 9.88 Å². The van der Waals surface area contributed by atoms with Crippen molar-refractivity contribution in [3.8, 4) is 5.75 Å². The Bertz CT molecular complexity index is 885. The fourth-order valence-electron chi connectivity index (χ4n) is 3.02. The fraction of sp³-hybridized carbons (Fsp3) is 0.579. The molecule has 0 aromatic carbocycles. The van der Waals surface area contributed by atoms with Crippen LogP contribution in [0.25, 0.3) is 0 Å². The van der Waals surface area contributed by atoms with E-state index in [1.54, 1.807) is 20.8 Å². The van der Waals surface area contributed by atoms with Crippen molar-refractivity contribution in [2.75, 3.05) is 34.5 Å². The number of nitrogens with one attached hydrogen (secondary N) is 1. The van der Waals surface area contributed by atoms with Gasteiger partial charge >= 0.3 is 18.0 Å². The fourth-order valence-corrected chi connectivity index (χ4v) is 3.02. The number of nitrogens with zero attached hydrogens (tertiary/aromatic N) is 1. The second-order valence-electron chi connectivity index (χ2n) is 7.50. The van der Waals surface area contributed by atoms with Crippen LogP contribution in [0.3, 0.4) is 0 Å². The van der Waals surface area contributed by atoms with Gasteiger partial charge in [-0.3, -0.25) is 4.79 Å². The van der Waals surface area contributed by atoms with Crippen LogP contribution in [0.15, 0.2) is 11.0 Å². The van der Waals surface area contributed by atoms with E-state index < -0.39 is 41.1 Å². The summed E-state index contributed by atoms with van der Waals surface area (Å²) in [6.07, 6.45) is 0.496. The van der Waals surface area contributed by atoms with Gasteiger partial charge in [0, 0.05) is 6.20 Å². The lowest BCUT2D eigenvalue weighted by atomic mass is 10.1. The lowest BCUT2D eigenvalue weighted by Crippen LogP contribution is -2.44. The van der Waals surface area contributed by atoms with Gasteiger partial charge in [0.15, 0.2) is 11.4 Å². The van der Waals surface area contributed by atoms with Gasteiger partial charge in [0.25, 0.3) is 0 Å². The zero-order valence-electron chi connectivity index (χ0n) is 17.8. The van der Waals surface area contributed by atoms with Crippen molar-refractivity contribution in [3.05, 3.63) is 27.7 Å². The highest BCUT2D eigenvalue weighted by Gasteiger charge is 2.37. The molecule has 166 valence electrons. The molecule has 0 unspecified atom stereocenters. The summed E-state index contributed by atoms with van der Waals surface area (Å²) >= 11 is 0. The van der Waals surface area contributed by atoms with E-state index in [0.717, 1.165) is 14.2 Å². The van der Waals surface area contributed by atoms with Crippen LogP contribution in [-0.2, 0) is 18.9 Å². The molecule has 1 aliphatic heterocycles. The van der Waals surface area contributed by atoms with E-state index in [-0.39, 0.29) is 30.2 Å². The quantitative estimate of drug-likeness (QED) is 0.539. The van der Waals surface area contributed by atoms with E-state index in [2.05, 4.69) is 10.1 Å². The summed E-state index contributed by atoms with van der Waals surface area (Å²) in [7, 11) is 3.46. The monoisotopic (exact) mass is 426 g/mol. The molecule has 1 fully saturated rings. The minimum atomic E-state index is -0.904. The number of carbonyl (C=O) groups is 3. The normalized spacial score (nSPS) is 18.5. The summed E-state index contributed by atoms with van der Waals surface area (Å²) in [5.41, 5.74) is -2.10. The molecular formula is C19H26N2O9. The van der Waals surface area contributed by atoms with E-state index in [4.69, 9.17) is 18.9 Å². The number of ether oxygens (including phenoxy) is 5. The van der Waals surface area contributed by atoms with Gasteiger partial charge in [-0.05, 0) is 20.8 Å². The zero-order valence-corrected chi connectivity index (χ0v) is 17.8. The van der Waals surface area contributed by atoms with Crippen LogP contribution in [0.1, 0.15) is 47.7 Å². The Balaban J connectivity index is 2.57. The third-order valence-electron chi connectivity index (χ3n) is 4.29. The first-order valence-corrected chi connectivity index (χ1v) is 9.11. The Hall–Kier alpha value is -3.08. The van der Waals surface area contributed by atoms with Crippen molar-refractivity contribution >= 4 is 18.0 Å². The maximum Gasteiger partial charge on any atom is 0.408 e. The number of rotatable bonds is 5. The summed E-state index contributed by atoms with van der Waals surface area (Å²) in [6.45, 7) is 5.36. The molecule has 1 saturated heterocycles. The molecule has 11 heteroatoms. The van der Waals surface area contributed by atoms with Crippen LogP contribution < -0.4 is 15.5 Å². The second kappa shape index (κ2) is 9.16. The number of hydrogen-bond donors (Lipinski definition) is 1. The Morgan fingerprint density at radius 1 is 1.10 bits per heavy atom. The molecule has 1 N–H and O–H groups in total. The van der Waals surface area contributed by atoms with Crippen LogP contribution >= 0.6 is 0 Å². The van der Waals surface area contributed by atoms with Gasteiger partial charge in [-0.25, -0.2) is 14.4 Å². The molecule has 11 nitrogen and oxygen atoms in total. The molecule has 30 heavy (non-hydrogen) atoms. The van der Waals surface area contributed by atoms with Crippen LogP contribution in [0.5, 0.6) is 5.75 Å². The number of pyridine rings is 1. The molecule has 2 rings (SSSR count). The Morgan fingerprint density at radius 3 is 2.27 bits per heavy atom. The predicted octanol–water partition coefficient (Wildman–Crippen LogP) is 0.895. The number of carbonyl (C=O) groups excluding carboxylic acids is 3. The number of amides is 1. The average Bonchev–Trinajstić information content (AvgIpc) is 3.12. The lowest BCUT2D eigenvalue weighted by Gasteiger charge is -2.27. The average molecular weight is 426 g/mol. The standard InChI is InChI=1S/C19H26N2O9/c1-19(2,3)30-18(25)20-11-8-29-9-12(11)21-7-10(16(23)27-5)14(22)15(26-4)13(21)17(24)28-6/h7,11-12H,8-9H2,1-6H3,(H,20,25)/t11-,12-/m1/s1. The highest BCUT2D eigenvalue weighted by Crippen LogP contribution is 2.27. The van der Waals surface area contributed by atoms with Gasteiger partial charge < -0.3 is 33.6 Å². The van der Waals surface area contributed by atoms with Crippen molar-refractivity contribution in [2.45, 2.75) is 38.5 Å². The second-order valence-corrected chi connectivity index (χ2v) is 7.50. The molecule has 0 bridgehead atoms. The first-order valence-electron chi connectivity index (χ1n) is 9.11. The molecule has 2 heterocycles. The molecule has 1 amide bonds. The van der Waals surface area contributed by atoms with Gasteiger partial charge in [-0.2, -0.15) is 0 Å². The van der Waals surface area contributed by atoms with E-state index in [9.17, 15) is 19.2 Å². The molecular weight excluding hydrogens is 400 g/mol. The van der Waals surface area contributed by atoms with Crippen molar-refractivity contribution in [2.24, 2.45) is 0 Å². The minimum Gasteiger partial charge on any atom is -0.491 e. The van der Waals surface area contributed by atoms with Crippen molar-refractivity contribution < 1.29 is 38.1 Å². The number of esters is 2. The number of alkyl carbamates (subject to hydrolysis) is 1. The van der Waals surface area contributed by atoms with Gasteiger partial charge in [-0.15, -0.1) is 0 Å². The van der Waals surface area contributed by atoms with Gasteiger partial charge in [0.1, 0.15) is 11.2 Å². The number of aromatic nitrogens is 1. The molecule has 0 aliphatic carbocycles. The van der Waals surface area contributed by atoms with E-state index in [0.29, 0.717) is 0 Å². The Morgan fingerprint density at radius 2 is 1.73 bits per heavy atom. The smallest absolute Gasteiger partial charge is 0.408 e. The van der Waals surface area contributed by atoms with E-state index >= 15 is 0 Å². The van der Waals surface area contributed by atoms with Gasteiger partial charge in [0.05, 0.1) is 46.6 Å². The summed E-state index contributed by atoms with van der Waals surface area (Å²) < 4.78 is 26.7. The number of hydrogen-bond acceptors (Lipinski definition) is 9. The van der Waals surface area contributed by atoms with E-state index in [1.165, 1.54) is 17.9 Å². The maximum absolute atomic E-state index is 12.7. The topological polar surface area (TPSA) is 131 Å². The van der Waals surface area contributed by atoms with Crippen LogP contribution in [0.2, 0.25) is 0 Å². The SMILES string of the molecule is COC(=O)c1cn([C@@H]2COC[C@H]2NC(=O)OC(C)(C)C)c(C(=O)OC)c(OC)c1=O. The maximum atomic E-state index is 12.7. The van der Waals surface area contributed by atoms with Gasteiger partial charge in [0.2, 0.25) is 5.43 Å². The van der Waals surface area contributed by atoms with Crippen molar-refractivity contribution in [3.63, 3.8) is 0 Å². The zero-order chi connectivity index (χ0) is 22.6. The largest absolute Gasteiger partial charge is 0.491 e. The third kappa shape index (κ3) is 4.90. The third-order valence-corrected chi connectivity index (χ3v) is 4.29. The van der Waals surface area contributed by atoms with Crippen molar-refractivity contribution in [1.29, 1.82) is 0 Å². The van der Waals surface area contributed by atoms with Crippen LogP contribution in [0.4, 0.5) is 4.79 Å².